The molecular weight excluding hydrogens is 1180 g/mol. The first-order valence-electron chi connectivity index (χ1n) is 31.1. The predicted molar refractivity (Wildman–Crippen MR) is 345 cm³/mol. The topological polar surface area (TPSA) is 246 Å². The zero-order valence-corrected chi connectivity index (χ0v) is 54.7. The van der Waals surface area contributed by atoms with Crippen LogP contribution in [-0.2, 0) is 76.6 Å². The summed E-state index contributed by atoms with van der Waals surface area (Å²) in [6.07, 6.45) is 3.83. The van der Waals surface area contributed by atoms with Crippen molar-refractivity contribution in [3.05, 3.63) is 150 Å². The number of nitrogens with one attached hydrogen (secondary N) is 2. The monoisotopic (exact) mass is 1260 g/mol. The number of ether oxygens (including phenoxy) is 6. The van der Waals surface area contributed by atoms with Crippen LogP contribution in [0.15, 0.2) is 127 Å². The van der Waals surface area contributed by atoms with E-state index in [9.17, 15) is 38.4 Å². The lowest BCUT2D eigenvalue weighted by atomic mass is 9.87. The van der Waals surface area contributed by atoms with Crippen LogP contribution in [0.3, 0.4) is 0 Å². The van der Waals surface area contributed by atoms with Crippen LogP contribution in [0.1, 0.15) is 102 Å². The van der Waals surface area contributed by atoms with Crippen LogP contribution < -0.4 is 24.8 Å². The van der Waals surface area contributed by atoms with E-state index in [4.69, 9.17) is 28.4 Å². The van der Waals surface area contributed by atoms with Crippen molar-refractivity contribution in [1.82, 2.24) is 30.2 Å². The minimum atomic E-state index is -1.52. The SMILES string of the molecule is COc1ccc(CC[C@H]2OC(=O)[C@@H]3CCCCN3C(=O)C(=O)C(C)(C)COC(=O)/C=C\CCN(C)C(=O)[C@H](Cc3ccccc3)NC(=O)[C@H](COC(C)(C)C)N(C)C(=O)[C@H](Cc3ccc4ccccc4c3)NC(=O)[C@H](C)N(C)C(=O)COc3cccc2c3)cc1OC. The molecule has 492 valence electrons. The number of amides is 6. The zero-order valence-electron chi connectivity index (χ0n) is 54.7. The Kier molecular flexibility index (Phi) is 24.7. The lowest BCUT2D eigenvalue weighted by Crippen LogP contribution is -2.60. The van der Waals surface area contributed by atoms with Crippen molar-refractivity contribution in [2.45, 2.75) is 135 Å². The number of cyclic esters (lactones) is 2. The molecule has 5 aromatic rings. The molecule has 1 saturated heterocycles. The van der Waals surface area contributed by atoms with E-state index < -0.39 is 114 Å². The van der Waals surface area contributed by atoms with Crippen LogP contribution in [-0.4, -0.2) is 177 Å². The highest BCUT2D eigenvalue weighted by Gasteiger charge is 2.43. The lowest BCUT2D eigenvalue weighted by molar-refractivity contribution is -0.165. The minimum absolute atomic E-state index is 0.0244. The maximum Gasteiger partial charge on any atom is 0.330 e. The first-order chi connectivity index (χ1) is 43.8. The molecule has 0 aromatic heterocycles. The van der Waals surface area contributed by atoms with Crippen LogP contribution in [0, 0.1) is 5.41 Å². The van der Waals surface area contributed by atoms with Gasteiger partial charge in [0.05, 0.1) is 31.8 Å². The largest absolute Gasteiger partial charge is 0.493 e. The smallest absolute Gasteiger partial charge is 0.330 e. The Hall–Kier alpha value is -9.11. The number of nitrogens with zero attached hydrogens (tertiary/aromatic N) is 4. The van der Waals surface area contributed by atoms with Gasteiger partial charge in [-0.1, -0.05) is 97.1 Å². The highest BCUT2D eigenvalue weighted by Crippen LogP contribution is 2.33. The van der Waals surface area contributed by atoms with Crippen molar-refractivity contribution in [1.29, 1.82) is 0 Å². The third-order valence-corrected chi connectivity index (χ3v) is 16.6. The first kappa shape index (κ1) is 70.3. The number of carbonyl (C=O) groups excluding carboxylic acids is 9. The van der Waals surface area contributed by atoms with E-state index in [0.717, 1.165) is 28.0 Å². The van der Waals surface area contributed by atoms with Gasteiger partial charge in [0.1, 0.15) is 48.7 Å². The van der Waals surface area contributed by atoms with Crippen LogP contribution in [0.25, 0.3) is 10.8 Å². The van der Waals surface area contributed by atoms with Gasteiger partial charge in [-0.25, -0.2) is 9.59 Å². The first-order valence-corrected chi connectivity index (χ1v) is 31.1. The number of aryl methyl sites for hydroxylation is 1. The zero-order chi connectivity index (χ0) is 66.9. The van der Waals surface area contributed by atoms with E-state index in [1.165, 1.54) is 74.8 Å². The fourth-order valence-electron chi connectivity index (χ4n) is 10.8. The number of benzene rings is 5. The summed E-state index contributed by atoms with van der Waals surface area (Å²) in [5.41, 5.74) is 0.439. The molecule has 0 aliphatic carbocycles. The average molecular weight is 1270 g/mol. The number of methoxy groups -OCH3 is 2. The molecule has 2 bridgehead atoms. The molecule has 21 heteroatoms. The fraction of sp³-hybridized carbons (Fsp3) is 0.451. The van der Waals surface area contributed by atoms with Crippen molar-refractivity contribution >= 4 is 63.9 Å². The normalized spacial score (nSPS) is 22.3. The molecule has 0 radical (unpaired) electrons. The summed E-state index contributed by atoms with van der Waals surface area (Å²) < 4.78 is 35.2. The highest BCUT2D eigenvalue weighted by atomic mass is 16.5. The van der Waals surface area contributed by atoms with Crippen molar-refractivity contribution in [2.24, 2.45) is 5.41 Å². The molecule has 0 unspecified atom stereocenters. The number of likely N-dealkylation sites (N-methyl/N-ethyl adjacent to an activating group) is 3. The molecule has 2 heterocycles. The number of hydrogen-bond acceptors (Lipinski definition) is 15. The number of Topliss-reactive ketones (excluding diaryl/α,β-unsaturated/α-hetero) is 1. The minimum Gasteiger partial charge on any atom is -0.493 e. The van der Waals surface area contributed by atoms with Crippen molar-refractivity contribution in [3.8, 4) is 17.2 Å². The van der Waals surface area contributed by atoms with E-state index in [1.807, 2.05) is 72.8 Å². The second kappa shape index (κ2) is 32.3. The maximum absolute atomic E-state index is 15.2. The number of carbonyl (C=O) groups is 9. The van der Waals surface area contributed by atoms with Gasteiger partial charge in [0.2, 0.25) is 29.4 Å². The summed E-state index contributed by atoms with van der Waals surface area (Å²) >= 11 is 0. The Morgan fingerprint density at radius 3 is 2.05 bits per heavy atom. The molecule has 21 nitrogen and oxygen atoms in total. The number of ketones is 1. The van der Waals surface area contributed by atoms with E-state index in [-0.39, 0.29) is 57.6 Å². The quantitative estimate of drug-likeness (QED) is 0.0971. The second-order valence-electron chi connectivity index (χ2n) is 25.1. The van der Waals surface area contributed by atoms with Crippen molar-refractivity contribution < 1.29 is 71.6 Å². The number of piperidine rings is 1. The molecule has 2 aliphatic heterocycles. The van der Waals surface area contributed by atoms with Crippen LogP contribution in [0.5, 0.6) is 17.2 Å². The van der Waals surface area contributed by atoms with Gasteiger partial charge in [0, 0.05) is 53.2 Å². The summed E-state index contributed by atoms with van der Waals surface area (Å²) in [5, 5.41) is 7.67. The summed E-state index contributed by atoms with van der Waals surface area (Å²) in [6.45, 7) is 8.72. The molecule has 1 fully saturated rings. The van der Waals surface area contributed by atoms with E-state index in [1.54, 1.807) is 70.3 Å². The molecular formula is C71H88N6O15. The third-order valence-electron chi connectivity index (χ3n) is 16.6. The number of hydrogen-bond donors (Lipinski definition) is 2. The van der Waals surface area contributed by atoms with Gasteiger partial charge >= 0.3 is 11.9 Å². The Morgan fingerprint density at radius 2 is 1.34 bits per heavy atom. The Labute approximate surface area is 539 Å². The van der Waals surface area contributed by atoms with Gasteiger partial charge in [0.15, 0.2) is 18.1 Å². The van der Waals surface area contributed by atoms with Gasteiger partial charge in [-0.2, -0.15) is 0 Å². The van der Waals surface area contributed by atoms with Gasteiger partial charge < -0.3 is 58.7 Å². The van der Waals surface area contributed by atoms with Crippen LogP contribution >= 0.6 is 0 Å². The van der Waals surface area contributed by atoms with E-state index in [0.29, 0.717) is 41.9 Å². The molecule has 2 N–H and O–H groups in total. The Morgan fingerprint density at radius 1 is 0.663 bits per heavy atom. The standard InChI is InChI=1S/C71H88N6O15/c1-46-64(81)72-55(40-49-30-33-50-24-15-16-25-51(50)38-49)67(84)76(9)57(43-91-70(2,3)4)65(82)73-54(39-47-22-13-12-14-23-47)66(83)74(7)36-19-18-29-62(79)90-45-71(5,6)63(80)68(85)77-37-20-17-28-56(77)69(86)92-58(34-31-48-32-35-59(87-10)60(41-48)88-11)52-26-21-27-53(42-52)89-44-61(78)75(46)8/h12-16,18,21-27,29-30,32-33,35,38,41-42,46,54-58H,17,19-20,28,31,34,36-37,39-40,43-45H2,1-11H3,(H,72,81)(H,73,82)/b29-18-/t46-,54-,55-,56-,57-,58+/m0/s1. The molecule has 2 aliphatic rings. The molecule has 0 spiro atoms. The highest BCUT2D eigenvalue weighted by molar-refractivity contribution is 6.38. The molecule has 92 heavy (non-hydrogen) atoms. The lowest BCUT2D eigenvalue weighted by Gasteiger charge is -2.36. The summed E-state index contributed by atoms with van der Waals surface area (Å²) in [7, 11) is 7.48. The average Bonchev–Trinajstić information content (AvgIpc) is 1.05. The summed E-state index contributed by atoms with van der Waals surface area (Å²) in [4.78, 5) is 134. The van der Waals surface area contributed by atoms with Gasteiger partial charge in [-0.15, -0.1) is 0 Å². The third kappa shape index (κ3) is 19.2. The molecule has 0 saturated carbocycles. The van der Waals surface area contributed by atoms with Gasteiger partial charge in [0.25, 0.3) is 11.8 Å². The molecule has 7 rings (SSSR count). The van der Waals surface area contributed by atoms with Crippen LogP contribution in [0.4, 0.5) is 0 Å². The Bertz CT molecular complexity index is 3470. The number of rotatable bonds is 11. The van der Waals surface area contributed by atoms with E-state index in [2.05, 4.69) is 10.6 Å². The van der Waals surface area contributed by atoms with Gasteiger partial charge in [-0.05, 0) is 137 Å². The van der Waals surface area contributed by atoms with E-state index >= 15 is 4.79 Å². The molecule has 6 amide bonds. The predicted octanol–water partition coefficient (Wildman–Crippen LogP) is 7.33. The second-order valence-corrected chi connectivity index (χ2v) is 25.1. The van der Waals surface area contributed by atoms with Crippen molar-refractivity contribution in [3.63, 3.8) is 0 Å². The number of fused-ring (bicyclic) bond motifs is 4. The van der Waals surface area contributed by atoms with Crippen molar-refractivity contribution in [2.75, 3.05) is 68.3 Å². The fourth-order valence-corrected chi connectivity index (χ4v) is 10.8. The molecule has 5 aromatic carbocycles. The Balaban J connectivity index is 1.22. The molecule has 6 atom stereocenters. The number of esters is 2. The van der Waals surface area contributed by atoms with Crippen LogP contribution in [0.2, 0.25) is 0 Å². The summed E-state index contributed by atoms with van der Waals surface area (Å²) in [6, 6.07) is 28.5. The van der Waals surface area contributed by atoms with Gasteiger partial charge in [-0.3, -0.25) is 33.6 Å². The maximum atomic E-state index is 15.2. The summed E-state index contributed by atoms with van der Waals surface area (Å²) in [5.74, 6) is -5.24.